The van der Waals surface area contributed by atoms with Crippen LogP contribution in [0.25, 0.3) is 0 Å². The van der Waals surface area contributed by atoms with Crippen molar-refractivity contribution in [3.63, 3.8) is 0 Å². The zero-order chi connectivity index (χ0) is 18.0. The lowest BCUT2D eigenvalue weighted by atomic mass is 9.82. The van der Waals surface area contributed by atoms with Gasteiger partial charge in [-0.15, -0.1) is 0 Å². The highest BCUT2D eigenvalue weighted by molar-refractivity contribution is 5.97. The number of aromatic amines is 1. The number of nitrogens with one attached hydrogen (secondary N) is 2. The topological polar surface area (TPSA) is 110 Å². The van der Waals surface area contributed by atoms with Crippen molar-refractivity contribution in [1.82, 2.24) is 15.5 Å². The fraction of sp³-hybridized carbons (Fsp3) is 0.375. The molecule has 3 rings (SSSR count). The Balaban J connectivity index is 1.96. The summed E-state index contributed by atoms with van der Waals surface area (Å²) in [7, 11) is 0. The van der Waals surface area contributed by atoms with Crippen LogP contribution in [0, 0.1) is 22.9 Å². The molecule has 0 spiro atoms. The molecule has 0 radical (unpaired) electrons. The van der Waals surface area contributed by atoms with Crippen molar-refractivity contribution in [1.29, 1.82) is 0 Å². The van der Waals surface area contributed by atoms with E-state index in [2.05, 4.69) is 15.5 Å². The SMILES string of the molecule is Cc1[nH]nc(C(=O)NC2(c3cccc(F)c3)CCOCC2)c1[N+](=O)[O-]. The Hall–Kier alpha value is -2.81. The number of amides is 1. The van der Waals surface area contributed by atoms with Crippen molar-refractivity contribution in [2.24, 2.45) is 0 Å². The molecule has 1 aliphatic rings. The lowest BCUT2D eigenvalue weighted by Crippen LogP contribution is -2.49. The van der Waals surface area contributed by atoms with Crippen molar-refractivity contribution >= 4 is 11.6 Å². The van der Waals surface area contributed by atoms with E-state index in [4.69, 9.17) is 4.74 Å². The second-order valence-corrected chi connectivity index (χ2v) is 5.96. The van der Waals surface area contributed by atoms with Crippen LogP contribution in [-0.2, 0) is 10.3 Å². The molecule has 1 saturated heterocycles. The lowest BCUT2D eigenvalue weighted by molar-refractivity contribution is -0.385. The highest BCUT2D eigenvalue weighted by Gasteiger charge is 2.39. The summed E-state index contributed by atoms with van der Waals surface area (Å²) in [5.41, 5.74) is -0.720. The fourth-order valence-electron chi connectivity index (χ4n) is 3.07. The Labute approximate surface area is 142 Å². The van der Waals surface area contributed by atoms with Crippen LogP contribution in [0.1, 0.15) is 34.6 Å². The lowest BCUT2D eigenvalue weighted by Gasteiger charge is -2.38. The zero-order valence-corrected chi connectivity index (χ0v) is 13.5. The number of aromatic nitrogens is 2. The largest absolute Gasteiger partial charge is 0.381 e. The number of rotatable bonds is 4. The Morgan fingerprint density at radius 1 is 1.44 bits per heavy atom. The van der Waals surface area contributed by atoms with Crippen LogP contribution < -0.4 is 5.32 Å². The van der Waals surface area contributed by atoms with E-state index in [1.54, 1.807) is 12.1 Å². The van der Waals surface area contributed by atoms with Crippen molar-refractivity contribution in [2.75, 3.05) is 13.2 Å². The summed E-state index contributed by atoms with van der Waals surface area (Å²) in [6, 6.07) is 5.96. The second-order valence-electron chi connectivity index (χ2n) is 5.96. The summed E-state index contributed by atoms with van der Waals surface area (Å²) in [6.45, 7) is 2.25. The van der Waals surface area contributed by atoms with E-state index in [1.165, 1.54) is 19.1 Å². The zero-order valence-electron chi connectivity index (χ0n) is 13.5. The van der Waals surface area contributed by atoms with Crippen molar-refractivity contribution < 1.29 is 18.8 Å². The van der Waals surface area contributed by atoms with E-state index in [0.29, 0.717) is 31.6 Å². The predicted molar refractivity (Wildman–Crippen MR) is 85.6 cm³/mol. The smallest absolute Gasteiger partial charge is 0.322 e. The maximum absolute atomic E-state index is 13.7. The van der Waals surface area contributed by atoms with Crippen LogP contribution in [0.3, 0.4) is 0 Å². The quantitative estimate of drug-likeness (QED) is 0.650. The first-order valence-electron chi connectivity index (χ1n) is 7.78. The van der Waals surface area contributed by atoms with Crippen molar-refractivity contribution in [3.8, 4) is 0 Å². The highest BCUT2D eigenvalue weighted by atomic mass is 19.1. The number of aryl methyl sites for hydroxylation is 1. The minimum Gasteiger partial charge on any atom is -0.381 e. The molecule has 0 aliphatic carbocycles. The van der Waals surface area contributed by atoms with Gasteiger partial charge in [0.1, 0.15) is 11.5 Å². The molecule has 2 aromatic rings. The number of ether oxygens (including phenoxy) is 1. The summed E-state index contributed by atoms with van der Waals surface area (Å²) in [5.74, 6) is -1.10. The average Bonchev–Trinajstić information content (AvgIpc) is 2.98. The van der Waals surface area contributed by atoms with Crippen molar-refractivity contribution in [2.45, 2.75) is 25.3 Å². The Bertz CT molecular complexity index is 814. The van der Waals surface area contributed by atoms with Gasteiger partial charge < -0.3 is 10.1 Å². The first-order valence-corrected chi connectivity index (χ1v) is 7.78. The molecule has 0 atom stereocenters. The van der Waals surface area contributed by atoms with Crippen LogP contribution in [-0.4, -0.2) is 34.2 Å². The summed E-state index contributed by atoms with van der Waals surface area (Å²) >= 11 is 0. The molecule has 9 heteroatoms. The van der Waals surface area contributed by atoms with Gasteiger partial charge in [0.25, 0.3) is 5.91 Å². The molecule has 2 N–H and O–H groups in total. The summed E-state index contributed by atoms with van der Waals surface area (Å²) in [4.78, 5) is 23.2. The Kier molecular flexibility index (Phi) is 4.49. The number of hydrogen-bond donors (Lipinski definition) is 2. The fourth-order valence-corrected chi connectivity index (χ4v) is 3.07. The number of benzene rings is 1. The third-order valence-corrected chi connectivity index (χ3v) is 4.39. The van der Waals surface area contributed by atoms with E-state index >= 15 is 0 Å². The molecule has 1 amide bonds. The molecular formula is C16H17FN4O4. The van der Waals surface area contributed by atoms with Gasteiger partial charge in [0.05, 0.1) is 10.5 Å². The molecule has 0 unspecified atom stereocenters. The first-order chi connectivity index (χ1) is 11.9. The number of halogens is 1. The highest BCUT2D eigenvalue weighted by Crippen LogP contribution is 2.33. The molecule has 2 heterocycles. The van der Waals surface area contributed by atoms with E-state index < -0.39 is 22.2 Å². The molecule has 8 nitrogen and oxygen atoms in total. The van der Waals surface area contributed by atoms with Crippen LogP contribution in [0.4, 0.5) is 10.1 Å². The van der Waals surface area contributed by atoms with Crippen molar-refractivity contribution in [3.05, 3.63) is 57.1 Å². The minimum atomic E-state index is -0.863. The molecule has 1 aliphatic heterocycles. The van der Waals surface area contributed by atoms with Gasteiger partial charge in [0.15, 0.2) is 0 Å². The molecule has 0 bridgehead atoms. The van der Waals surface area contributed by atoms with Gasteiger partial charge in [-0.05, 0) is 37.5 Å². The number of carbonyl (C=O) groups is 1. The Morgan fingerprint density at radius 3 is 2.80 bits per heavy atom. The van der Waals surface area contributed by atoms with Gasteiger partial charge in [-0.1, -0.05) is 12.1 Å². The van der Waals surface area contributed by atoms with E-state index in [-0.39, 0.29) is 17.1 Å². The van der Waals surface area contributed by atoms with Crippen LogP contribution in [0.15, 0.2) is 24.3 Å². The van der Waals surface area contributed by atoms with Crippen LogP contribution in [0.5, 0.6) is 0 Å². The van der Waals surface area contributed by atoms with Gasteiger partial charge in [0, 0.05) is 13.2 Å². The van der Waals surface area contributed by atoms with Crippen LogP contribution in [0.2, 0.25) is 0 Å². The summed E-state index contributed by atoms with van der Waals surface area (Å²) in [6.07, 6.45) is 0.860. The maximum atomic E-state index is 13.7. The third-order valence-electron chi connectivity index (χ3n) is 4.39. The van der Waals surface area contributed by atoms with E-state index in [1.807, 2.05) is 0 Å². The molecule has 0 saturated carbocycles. The molecule has 25 heavy (non-hydrogen) atoms. The maximum Gasteiger partial charge on any atom is 0.322 e. The summed E-state index contributed by atoms with van der Waals surface area (Å²) < 4.78 is 19.0. The van der Waals surface area contributed by atoms with Gasteiger partial charge in [0.2, 0.25) is 5.69 Å². The van der Waals surface area contributed by atoms with Gasteiger partial charge in [-0.25, -0.2) is 4.39 Å². The normalized spacial score (nSPS) is 16.4. The number of H-pyrrole nitrogens is 1. The van der Waals surface area contributed by atoms with Gasteiger partial charge in [-0.3, -0.25) is 20.0 Å². The molecule has 1 aromatic heterocycles. The number of carbonyl (C=O) groups excluding carboxylic acids is 1. The number of hydrogen-bond acceptors (Lipinski definition) is 5. The second kappa shape index (κ2) is 6.60. The molecular weight excluding hydrogens is 331 g/mol. The number of nitro groups is 1. The molecule has 1 fully saturated rings. The monoisotopic (exact) mass is 348 g/mol. The molecule has 132 valence electrons. The standard InChI is InChI=1S/C16H17FN4O4/c1-10-14(21(23)24)13(20-19-10)15(22)18-16(5-7-25-8-6-16)11-3-2-4-12(17)9-11/h2-4,9H,5-8H2,1H3,(H,18,22)(H,19,20). The third kappa shape index (κ3) is 3.22. The van der Waals surface area contributed by atoms with Gasteiger partial charge >= 0.3 is 5.69 Å². The predicted octanol–water partition coefficient (Wildman–Crippen LogP) is 2.20. The van der Waals surface area contributed by atoms with Gasteiger partial charge in [-0.2, -0.15) is 5.10 Å². The average molecular weight is 348 g/mol. The number of nitrogens with zero attached hydrogens (tertiary/aromatic N) is 2. The minimum absolute atomic E-state index is 0.196. The first kappa shape index (κ1) is 17.0. The van der Waals surface area contributed by atoms with Crippen LogP contribution >= 0.6 is 0 Å². The molecule has 1 aromatic carbocycles. The summed E-state index contributed by atoms with van der Waals surface area (Å²) in [5, 5.41) is 20.2. The Morgan fingerprint density at radius 2 is 2.16 bits per heavy atom. The van der Waals surface area contributed by atoms with E-state index in [9.17, 15) is 19.3 Å². The van der Waals surface area contributed by atoms with E-state index in [0.717, 1.165) is 0 Å².